The Kier molecular flexibility index (Phi) is 6.91. The van der Waals surface area contributed by atoms with Crippen molar-refractivity contribution in [1.29, 1.82) is 0 Å². The Morgan fingerprint density at radius 2 is 1.81 bits per heavy atom. The van der Waals surface area contributed by atoms with E-state index in [1.54, 1.807) is 17.0 Å². The maximum atomic E-state index is 12.6. The van der Waals surface area contributed by atoms with Crippen molar-refractivity contribution < 1.29 is 18.4 Å². The van der Waals surface area contributed by atoms with E-state index in [1.165, 1.54) is 18.0 Å². The summed E-state index contributed by atoms with van der Waals surface area (Å²) in [4.78, 5) is 28.9. The Morgan fingerprint density at radius 1 is 1.06 bits per heavy atom. The number of piperazine rings is 1. The lowest BCUT2D eigenvalue weighted by molar-refractivity contribution is -0.130. The van der Waals surface area contributed by atoms with Crippen LogP contribution in [0.2, 0.25) is 0 Å². The number of benzene rings is 1. The Labute approximate surface area is 190 Å². The first-order chi connectivity index (χ1) is 15.5. The fourth-order valence-electron chi connectivity index (χ4n) is 3.53. The summed E-state index contributed by atoms with van der Waals surface area (Å²) in [6, 6.07) is 9.41. The van der Waals surface area contributed by atoms with E-state index in [1.807, 2.05) is 32.0 Å². The molecule has 2 aromatic heterocycles. The van der Waals surface area contributed by atoms with Gasteiger partial charge in [0.2, 0.25) is 11.8 Å². The Hall–Kier alpha value is -3.11. The summed E-state index contributed by atoms with van der Waals surface area (Å²) in [5, 5.41) is 11.2. The number of amides is 2. The van der Waals surface area contributed by atoms with Gasteiger partial charge in [-0.15, -0.1) is 10.2 Å². The third-order valence-electron chi connectivity index (χ3n) is 5.30. The van der Waals surface area contributed by atoms with Gasteiger partial charge in [0.15, 0.2) is 5.76 Å². The number of aryl methyl sites for hydroxylation is 2. The second-order valence-corrected chi connectivity index (χ2v) is 8.54. The molecule has 32 heavy (non-hydrogen) atoms. The Morgan fingerprint density at radius 3 is 2.50 bits per heavy atom. The van der Waals surface area contributed by atoms with Gasteiger partial charge >= 0.3 is 0 Å². The molecule has 0 spiro atoms. The van der Waals surface area contributed by atoms with E-state index < -0.39 is 0 Å². The number of nitrogens with one attached hydrogen (secondary N) is 1. The highest BCUT2D eigenvalue weighted by Crippen LogP contribution is 2.24. The van der Waals surface area contributed by atoms with E-state index in [2.05, 4.69) is 20.4 Å². The zero-order valence-corrected chi connectivity index (χ0v) is 18.9. The largest absolute Gasteiger partial charge is 0.459 e. The van der Waals surface area contributed by atoms with Gasteiger partial charge in [0.25, 0.3) is 11.1 Å². The van der Waals surface area contributed by atoms with Gasteiger partial charge in [0.05, 0.1) is 18.6 Å². The third-order valence-corrected chi connectivity index (χ3v) is 6.10. The quantitative estimate of drug-likeness (QED) is 0.543. The van der Waals surface area contributed by atoms with Crippen LogP contribution in [0.1, 0.15) is 11.1 Å². The first-order valence-corrected chi connectivity index (χ1v) is 11.3. The number of carbonyl (C=O) groups is 2. The predicted molar refractivity (Wildman–Crippen MR) is 120 cm³/mol. The molecule has 0 aliphatic carbocycles. The molecular weight excluding hydrogens is 430 g/mol. The molecule has 1 aliphatic rings. The minimum atomic E-state index is -0.0403. The van der Waals surface area contributed by atoms with Gasteiger partial charge < -0.3 is 19.1 Å². The highest BCUT2D eigenvalue weighted by atomic mass is 32.2. The van der Waals surface area contributed by atoms with Crippen LogP contribution in [-0.2, 0) is 9.59 Å². The fourth-order valence-corrected chi connectivity index (χ4v) is 4.20. The molecule has 0 saturated carbocycles. The summed E-state index contributed by atoms with van der Waals surface area (Å²) in [5.74, 6) is 0.965. The van der Waals surface area contributed by atoms with Crippen molar-refractivity contribution >= 4 is 29.3 Å². The molecule has 0 unspecified atom stereocenters. The standard InChI is InChI=1S/C22H25N5O4S/c1-15-5-3-6-16(2)20(15)23-18(28)13-26-8-10-27(11-9-26)19(29)14-32-22-25-24-21(31-22)17-7-4-12-30-17/h3-7,12H,8-11,13-14H2,1-2H3,(H,23,28). The summed E-state index contributed by atoms with van der Waals surface area (Å²) in [5.41, 5.74) is 2.96. The molecule has 1 fully saturated rings. The van der Waals surface area contributed by atoms with Crippen molar-refractivity contribution in [3.05, 3.63) is 47.7 Å². The van der Waals surface area contributed by atoms with Crippen LogP contribution in [-0.4, -0.2) is 70.3 Å². The lowest BCUT2D eigenvalue weighted by atomic mass is 10.1. The van der Waals surface area contributed by atoms with Crippen molar-refractivity contribution in [3.8, 4) is 11.7 Å². The van der Waals surface area contributed by atoms with E-state index in [0.29, 0.717) is 43.7 Å². The molecule has 4 rings (SSSR count). The van der Waals surface area contributed by atoms with Gasteiger partial charge in [-0.3, -0.25) is 14.5 Å². The van der Waals surface area contributed by atoms with Crippen LogP contribution in [0.25, 0.3) is 11.7 Å². The van der Waals surface area contributed by atoms with Crippen LogP contribution in [0, 0.1) is 13.8 Å². The van der Waals surface area contributed by atoms with Crippen molar-refractivity contribution in [2.24, 2.45) is 0 Å². The molecule has 3 heterocycles. The molecule has 1 N–H and O–H groups in total. The van der Waals surface area contributed by atoms with E-state index >= 15 is 0 Å². The van der Waals surface area contributed by atoms with E-state index in [-0.39, 0.29) is 23.5 Å². The number of para-hydroxylation sites is 1. The number of anilines is 1. The Bertz CT molecular complexity index is 1050. The first-order valence-electron chi connectivity index (χ1n) is 10.4. The molecule has 1 saturated heterocycles. The summed E-state index contributed by atoms with van der Waals surface area (Å²) in [6.45, 7) is 6.74. The molecular formula is C22H25N5O4S. The number of nitrogens with zero attached hydrogens (tertiary/aromatic N) is 4. The lowest BCUT2D eigenvalue weighted by Crippen LogP contribution is -2.50. The maximum Gasteiger partial charge on any atom is 0.284 e. The van der Waals surface area contributed by atoms with Crippen molar-refractivity contribution in [1.82, 2.24) is 20.0 Å². The van der Waals surface area contributed by atoms with Gasteiger partial charge in [-0.2, -0.15) is 0 Å². The highest BCUT2D eigenvalue weighted by molar-refractivity contribution is 7.99. The van der Waals surface area contributed by atoms with E-state index in [0.717, 1.165) is 16.8 Å². The van der Waals surface area contributed by atoms with Gasteiger partial charge in [-0.05, 0) is 37.1 Å². The normalized spacial score (nSPS) is 14.5. The van der Waals surface area contributed by atoms with Crippen molar-refractivity contribution in [2.75, 3.05) is 43.8 Å². The first kappa shape index (κ1) is 22.1. The lowest BCUT2D eigenvalue weighted by Gasteiger charge is -2.34. The maximum absolute atomic E-state index is 12.6. The molecule has 9 nitrogen and oxygen atoms in total. The predicted octanol–water partition coefficient (Wildman–Crippen LogP) is 2.82. The minimum absolute atomic E-state index is 0.00684. The molecule has 1 aliphatic heterocycles. The molecule has 2 amide bonds. The van der Waals surface area contributed by atoms with Gasteiger partial charge in [-0.25, -0.2) is 0 Å². The van der Waals surface area contributed by atoms with E-state index in [4.69, 9.17) is 8.83 Å². The van der Waals surface area contributed by atoms with Crippen LogP contribution in [0.15, 0.2) is 50.7 Å². The molecule has 3 aromatic rings. The summed E-state index contributed by atoms with van der Waals surface area (Å²) in [6.07, 6.45) is 1.53. The average Bonchev–Trinajstić information content (AvgIpc) is 3.47. The second-order valence-electron chi connectivity index (χ2n) is 7.61. The summed E-state index contributed by atoms with van der Waals surface area (Å²) in [7, 11) is 0. The fraction of sp³-hybridized carbons (Fsp3) is 0.364. The Balaban J connectivity index is 1.20. The van der Waals surface area contributed by atoms with Gasteiger partial charge in [0.1, 0.15) is 0 Å². The average molecular weight is 456 g/mol. The smallest absolute Gasteiger partial charge is 0.284 e. The number of hydrogen-bond acceptors (Lipinski definition) is 8. The zero-order chi connectivity index (χ0) is 22.5. The molecule has 0 radical (unpaired) electrons. The SMILES string of the molecule is Cc1cccc(C)c1NC(=O)CN1CCN(C(=O)CSc2nnc(-c3ccco3)o2)CC1. The number of aromatic nitrogens is 2. The zero-order valence-electron chi connectivity index (χ0n) is 18.0. The number of thioether (sulfide) groups is 1. The van der Waals surface area contributed by atoms with Gasteiger partial charge in [0, 0.05) is 31.9 Å². The summed E-state index contributed by atoms with van der Waals surface area (Å²) >= 11 is 1.20. The monoisotopic (exact) mass is 455 g/mol. The molecule has 1 aromatic carbocycles. The molecule has 0 bridgehead atoms. The number of furan rings is 1. The minimum Gasteiger partial charge on any atom is -0.459 e. The van der Waals surface area contributed by atoms with Crippen LogP contribution in [0.5, 0.6) is 0 Å². The van der Waals surface area contributed by atoms with Gasteiger partial charge in [-0.1, -0.05) is 30.0 Å². The second kappa shape index (κ2) is 10.0. The summed E-state index contributed by atoms with van der Waals surface area (Å²) < 4.78 is 10.7. The van der Waals surface area contributed by atoms with E-state index in [9.17, 15) is 9.59 Å². The number of carbonyl (C=O) groups excluding carboxylic acids is 2. The van der Waals surface area contributed by atoms with Crippen molar-refractivity contribution in [3.63, 3.8) is 0 Å². The van der Waals surface area contributed by atoms with Crippen LogP contribution < -0.4 is 5.32 Å². The number of hydrogen-bond donors (Lipinski definition) is 1. The number of rotatable bonds is 7. The molecule has 0 atom stereocenters. The van der Waals surface area contributed by atoms with Crippen molar-refractivity contribution in [2.45, 2.75) is 19.1 Å². The molecule has 10 heteroatoms. The highest BCUT2D eigenvalue weighted by Gasteiger charge is 2.23. The van der Waals surface area contributed by atoms with Crippen LogP contribution in [0.4, 0.5) is 5.69 Å². The molecule has 168 valence electrons. The topological polar surface area (TPSA) is 105 Å². The van der Waals surface area contributed by atoms with Crippen LogP contribution >= 0.6 is 11.8 Å². The van der Waals surface area contributed by atoms with Crippen LogP contribution in [0.3, 0.4) is 0 Å². The third kappa shape index (κ3) is 5.38.